The summed E-state index contributed by atoms with van der Waals surface area (Å²) in [6.45, 7) is 9.54. The van der Waals surface area contributed by atoms with Gasteiger partial charge in [0, 0.05) is 55.2 Å². The Morgan fingerprint density at radius 2 is 1.73 bits per heavy atom. The van der Waals surface area contributed by atoms with Crippen LogP contribution in [0.1, 0.15) is 62.6 Å². The first-order chi connectivity index (χ1) is 16.0. The minimum Gasteiger partial charge on any atom is -0.356 e. The number of likely N-dealkylation sites (tertiary alicyclic amines) is 1. The van der Waals surface area contributed by atoms with Gasteiger partial charge in [0.2, 0.25) is 5.91 Å². The Morgan fingerprint density at radius 3 is 2.52 bits per heavy atom. The number of aromatic nitrogens is 1. The summed E-state index contributed by atoms with van der Waals surface area (Å²) >= 11 is 0. The lowest BCUT2D eigenvalue weighted by Crippen LogP contribution is -2.44. The zero-order valence-corrected chi connectivity index (χ0v) is 20.5. The number of amides is 1. The molecule has 3 aromatic rings. The van der Waals surface area contributed by atoms with E-state index in [1.165, 1.54) is 46.9 Å². The van der Waals surface area contributed by atoms with Gasteiger partial charge < -0.3 is 9.88 Å². The first kappa shape index (κ1) is 23.6. The summed E-state index contributed by atoms with van der Waals surface area (Å²) in [6, 6.07) is 18.4. The SMILES string of the molecule is Cc1ccccc1Cn1cc(CCC(=O)NCCCN2[C@H](C)CCC[C@H]2C)c2ccccc21. The van der Waals surface area contributed by atoms with Crippen molar-refractivity contribution in [1.82, 2.24) is 14.8 Å². The number of hydrogen-bond donors (Lipinski definition) is 1. The second-order valence-electron chi connectivity index (χ2n) is 9.80. The lowest BCUT2D eigenvalue weighted by Gasteiger charge is -2.39. The van der Waals surface area contributed by atoms with Crippen LogP contribution >= 0.6 is 0 Å². The normalized spacial score (nSPS) is 19.1. The summed E-state index contributed by atoms with van der Waals surface area (Å²) < 4.78 is 2.33. The van der Waals surface area contributed by atoms with Gasteiger partial charge in [0.15, 0.2) is 0 Å². The molecule has 2 heterocycles. The van der Waals surface area contributed by atoms with E-state index in [0.717, 1.165) is 32.5 Å². The van der Waals surface area contributed by atoms with E-state index >= 15 is 0 Å². The lowest BCUT2D eigenvalue weighted by molar-refractivity contribution is -0.121. The van der Waals surface area contributed by atoms with Crippen LogP contribution in [0.15, 0.2) is 54.7 Å². The number of benzene rings is 2. The van der Waals surface area contributed by atoms with Crippen LogP contribution in [0, 0.1) is 6.92 Å². The van der Waals surface area contributed by atoms with Gasteiger partial charge >= 0.3 is 0 Å². The van der Waals surface area contributed by atoms with Crippen molar-refractivity contribution < 1.29 is 4.79 Å². The van der Waals surface area contributed by atoms with E-state index in [2.05, 4.69) is 90.3 Å². The molecule has 0 saturated carbocycles. The molecule has 1 aromatic heterocycles. The van der Waals surface area contributed by atoms with Crippen LogP contribution in [0.5, 0.6) is 0 Å². The number of nitrogens with one attached hydrogen (secondary N) is 1. The van der Waals surface area contributed by atoms with Gasteiger partial charge in [0.25, 0.3) is 0 Å². The Hall–Kier alpha value is -2.59. The van der Waals surface area contributed by atoms with Crippen LogP contribution < -0.4 is 5.32 Å². The summed E-state index contributed by atoms with van der Waals surface area (Å²) in [5.41, 5.74) is 5.13. The molecular formula is C29H39N3O. The maximum Gasteiger partial charge on any atom is 0.220 e. The molecule has 4 nitrogen and oxygen atoms in total. The third-order valence-corrected chi connectivity index (χ3v) is 7.39. The number of carbonyl (C=O) groups excluding carboxylic acids is 1. The van der Waals surface area contributed by atoms with Crippen molar-refractivity contribution in [2.75, 3.05) is 13.1 Å². The number of hydrogen-bond acceptors (Lipinski definition) is 2. The largest absolute Gasteiger partial charge is 0.356 e. The molecule has 4 rings (SSSR count). The lowest BCUT2D eigenvalue weighted by atomic mass is 9.97. The van der Waals surface area contributed by atoms with Gasteiger partial charge in [-0.25, -0.2) is 0 Å². The number of para-hydroxylation sites is 1. The quantitative estimate of drug-likeness (QED) is 0.429. The van der Waals surface area contributed by atoms with E-state index < -0.39 is 0 Å². The highest BCUT2D eigenvalue weighted by molar-refractivity contribution is 5.85. The Labute approximate surface area is 199 Å². The minimum absolute atomic E-state index is 0.158. The predicted molar refractivity (Wildman–Crippen MR) is 138 cm³/mol. The Balaban J connectivity index is 1.31. The smallest absolute Gasteiger partial charge is 0.220 e. The fourth-order valence-corrected chi connectivity index (χ4v) is 5.37. The first-order valence-electron chi connectivity index (χ1n) is 12.7. The number of rotatable bonds is 9. The van der Waals surface area contributed by atoms with Crippen LogP contribution in [0.4, 0.5) is 0 Å². The van der Waals surface area contributed by atoms with Crippen LogP contribution in [0.2, 0.25) is 0 Å². The average Bonchev–Trinajstić information content (AvgIpc) is 3.16. The zero-order valence-electron chi connectivity index (χ0n) is 20.5. The van der Waals surface area contributed by atoms with Crippen LogP contribution in [-0.2, 0) is 17.8 Å². The molecule has 1 aliphatic rings. The van der Waals surface area contributed by atoms with Crippen LogP contribution in [0.25, 0.3) is 10.9 Å². The number of aryl methyl sites for hydroxylation is 2. The van der Waals surface area contributed by atoms with Gasteiger partial charge in [-0.3, -0.25) is 9.69 Å². The monoisotopic (exact) mass is 445 g/mol. The molecule has 1 aliphatic heterocycles. The van der Waals surface area contributed by atoms with Crippen molar-refractivity contribution in [2.24, 2.45) is 0 Å². The van der Waals surface area contributed by atoms with Crippen molar-refractivity contribution in [3.8, 4) is 0 Å². The second-order valence-corrected chi connectivity index (χ2v) is 9.80. The summed E-state index contributed by atoms with van der Waals surface area (Å²) in [6.07, 6.45) is 8.51. The highest BCUT2D eigenvalue weighted by Gasteiger charge is 2.23. The van der Waals surface area contributed by atoms with Crippen molar-refractivity contribution in [2.45, 2.75) is 77.9 Å². The summed E-state index contributed by atoms with van der Waals surface area (Å²) in [5, 5.41) is 4.41. The molecule has 0 spiro atoms. The maximum absolute atomic E-state index is 12.5. The predicted octanol–water partition coefficient (Wildman–Crippen LogP) is 5.70. The molecule has 4 heteroatoms. The standard InChI is InChI=1S/C29H39N3O/c1-22-10-4-5-13-25(22)20-31-21-26(27-14-6-7-15-28(27)31)16-17-29(33)30-18-9-19-32-23(2)11-8-12-24(32)3/h4-7,10,13-15,21,23-24H,8-9,11-12,16-20H2,1-3H3,(H,30,33)/t23-,24-/m1/s1. The number of nitrogens with zero attached hydrogens (tertiary/aromatic N) is 2. The van der Waals surface area contributed by atoms with Crippen molar-refractivity contribution in [3.05, 3.63) is 71.4 Å². The highest BCUT2D eigenvalue weighted by Crippen LogP contribution is 2.25. The number of carbonyl (C=O) groups is 1. The van der Waals surface area contributed by atoms with E-state index in [0.29, 0.717) is 18.5 Å². The fraction of sp³-hybridized carbons (Fsp3) is 0.483. The molecule has 33 heavy (non-hydrogen) atoms. The van der Waals surface area contributed by atoms with Gasteiger partial charge in [-0.15, -0.1) is 0 Å². The van der Waals surface area contributed by atoms with Crippen molar-refractivity contribution in [1.29, 1.82) is 0 Å². The number of fused-ring (bicyclic) bond motifs is 1. The topological polar surface area (TPSA) is 37.3 Å². The molecule has 0 unspecified atom stereocenters. The van der Waals surface area contributed by atoms with E-state index in [4.69, 9.17) is 0 Å². The Kier molecular flexibility index (Phi) is 7.87. The van der Waals surface area contributed by atoms with Crippen LogP contribution in [0.3, 0.4) is 0 Å². The molecular weight excluding hydrogens is 406 g/mol. The molecule has 0 bridgehead atoms. The van der Waals surface area contributed by atoms with Gasteiger partial charge in [-0.1, -0.05) is 48.9 Å². The summed E-state index contributed by atoms with van der Waals surface area (Å²) in [4.78, 5) is 15.2. The average molecular weight is 446 g/mol. The molecule has 1 N–H and O–H groups in total. The fourth-order valence-electron chi connectivity index (χ4n) is 5.37. The van der Waals surface area contributed by atoms with E-state index in [1.54, 1.807) is 0 Å². The Bertz CT molecular complexity index is 1060. The van der Waals surface area contributed by atoms with E-state index in [9.17, 15) is 4.79 Å². The van der Waals surface area contributed by atoms with Gasteiger partial charge in [0.1, 0.15) is 0 Å². The third-order valence-electron chi connectivity index (χ3n) is 7.39. The molecule has 176 valence electrons. The van der Waals surface area contributed by atoms with Gasteiger partial charge in [-0.2, -0.15) is 0 Å². The third kappa shape index (κ3) is 5.86. The molecule has 2 aromatic carbocycles. The Morgan fingerprint density at radius 1 is 1.00 bits per heavy atom. The van der Waals surface area contributed by atoms with Crippen LogP contribution in [-0.4, -0.2) is 40.5 Å². The first-order valence-corrected chi connectivity index (χ1v) is 12.7. The van der Waals surface area contributed by atoms with Gasteiger partial charge in [-0.05, 0) is 69.2 Å². The molecule has 1 fully saturated rings. The summed E-state index contributed by atoms with van der Waals surface area (Å²) in [7, 11) is 0. The summed E-state index contributed by atoms with van der Waals surface area (Å²) in [5.74, 6) is 0.158. The van der Waals surface area contributed by atoms with E-state index in [1.807, 2.05) is 0 Å². The molecule has 0 radical (unpaired) electrons. The molecule has 1 saturated heterocycles. The zero-order chi connectivity index (χ0) is 23.2. The van der Waals surface area contributed by atoms with Crippen molar-refractivity contribution >= 4 is 16.8 Å². The van der Waals surface area contributed by atoms with Gasteiger partial charge in [0.05, 0.1) is 0 Å². The second kappa shape index (κ2) is 11.0. The van der Waals surface area contributed by atoms with E-state index in [-0.39, 0.29) is 5.91 Å². The minimum atomic E-state index is 0.158. The molecule has 0 aliphatic carbocycles. The molecule has 1 amide bonds. The van der Waals surface area contributed by atoms with Crippen molar-refractivity contribution in [3.63, 3.8) is 0 Å². The highest BCUT2D eigenvalue weighted by atomic mass is 16.1. The molecule has 2 atom stereocenters. The number of piperidine rings is 1. The maximum atomic E-state index is 12.5.